The third-order valence-electron chi connectivity index (χ3n) is 5.30. The molecule has 9 nitrogen and oxygen atoms in total. The topological polar surface area (TPSA) is 116 Å². The average Bonchev–Trinajstić information content (AvgIpc) is 3.33. The lowest BCUT2D eigenvalue weighted by Gasteiger charge is -2.38. The summed E-state index contributed by atoms with van der Waals surface area (Å²) in [5.41, 5.74) is 0.903. The highest BCUT2D eigenvalue weighted by molar-refractivity contribution is 7.11. The van der Waals surface area contributed by atoms with Crippen molar-refractivity contribution in [3.63, 3.8) is 0 Å². The summed E-state index contributed by atoms with van der Waals surface area (Å²) < 4.78 is 24.0. The molecule has 1 aromatic carbocycles. The van der Waals surface area contributed by atoms with Crippen LogP contribution in [0.15, 0.2) is 46.0 Å². The number of esters is 1. The summed E-state index contributed by atoms with van der Waals surface area (Å²) in [5, 5.41) is 17.2. The number of nitrogens with one attached hydrogen (secondary N) is 1. The number of aromatic nitrogens is 1. The predicted octanol–water partition coefficient (Wildman–Crippen LogP) is 0.905. The predicted molar refractivity (Wildman–Crippen MR) is 116 cm³/mol. The SMILES string of the molecule is COC(=O)C1=C(CN2CCOC[C@H]2C(=O)[O-])NC(c2nccs2)=N[C@H]1c1ccc(F)cc1Cl. The summed E-state index contributed by atoms with van der Waals surface area (Å²) in [6.07, 6.45) is 1.61. The van der Waals surface area contributed by atoms with Crippen LogP contribution in [0.4, 0.5) is 4.39 Å². The molecule has 0 unspecified atom stereocenters. The Morgan fingerprint density at radius 1 is 1.45 bits per heavy atom. The van der Waals surface area contributed by atoms with Gasteiger partial charge in [-0.2, -0.15) is 0 Å². The number of ether oxygens (including phenoxy) is 2. The highest BCUT2D eigenvalue weighted by atomic mass is 35.5. The molecule has 0 spiro atoms. The molecule has 0 bridgehead atoms. The normalized spacial score (nSPS) is 21.4. The number of morpholine rings is 1. The Balaban J connectivity index is 1.83. The molecule has 1 fully saturated rings. The minimum absolute atomic E-state index is 0.0379. The lowest BCUT2D eigenvalue weighted by molar-refractivity contribution is -0.314. The van der Waals surface area contributed by atoms with Gasteiger partial charge >= 0.3 is 5.97 Å². The van der Waals surface area contributed by atoms with Crippen molar-refractivity contribution < 1.29 is 28.6 Å². The molecule has 0 saturated carbocycles. The minimum Gasteiger partial charge on any atom is -0.548 e. The van der Waals surface area contributed by atoms with Gasteiger partial charge in [0, 0.05) is 40.9 Å². The summed E-state index contributed by atoms with van der Waals surface area (Å²) >= 11 is 7.65. The van der Waals surface area contributed by atoms with Crippen molar-refractivity contribution in [1.29, 1.82) is 0 Å². The molecule has 12 heteroatoms. The Kier molecular flexibility index (Phi) is 7.03. The van der Waals surface area contributed by atoms with Crippen LogP contribution in [0.3, 0.4) is 0 Å². The van der Waals surface area contributed by atoms with Crippen LogP contribution in [0.25, 0.3) is 0 Å². The van der Waals surface area contributed by atoms with Crippen molar-refractivity contribution >= 4 is 40.7 Å². The van der Waals surface area contributed by atoms with Crippen LogP contribution in [-0.2, 0) is 19.1 Å². The fourth-order valence-corrected chi connectivity index (χ4v) is 4.57. The van der Waals surface area contributed by atoms with Crippen molar-refractivity contribution in [2.75, 3.05) is 33.4 Å². The third kappa shape index (κ3) is 4.91. The van der Waals surface area contributed by atoms with E-state index in [-0.39, 0.29) is 23.7 Å². The number of carboxylic acid groups (broad SMARTS) is 1. The van der Waals surface area contributed by atoms with Gasteiger partial charge in [-0.25, -0.2) is 14.2 Å². The van der Waals surface area contributed by atoms with Crippen molar-refractivity contribution in [1.82, 2.24) is 15.2 Å². The summed E-state index contributed by atoms with van der Waals surface area (Å²) in [6, 6.07) is 1.89. The number of aliphatic imine (C=N–C) groups is 1. The molecule has 0 radical (unpaired) electrons. The molecule has 2 aliphatic rings. The number of hydrogen-bond donors (Lipinski definition) is 1. The Hall–Kier alpha value is -2.86. The Bertz CT molecular complexity index is 1120. The first-order valence-corrected chi connectivity index (χ1v) is 11.2. The number of carbonyl (C=O) groups excluding carboxylic acids is 2. The van der Waals surface area contributed by atoms with E-state index in [9.17, 15) is 19.1 Å². The van der Waals surface area contributed by atoms with Crippen molar-refractivity contribution in [3.8, 4) is 0 Å². The fraction of sp³-hybridized carbons (Fsp3) is 0.333. The van der Waals surface area contributed by atoms with Crippen LogP contribution in [-0.4, -0.2) is 67.1 Å². The van der Waals surface area contributed by atoms with Crippen LogP contribution in [0.5, 0.6) is 0 Å². The standard InChI is InChI=1S/C21H20ClFN4O5S/c1-31-21(30)16-14(9-27-5-6-32-10-15(27)20(28)29)25-18(19-24-4-7-33-19)26-17(16)12-3-2-11(23)8-13(12)22/h2-4,7-8,15,17H,5-6,9-10H2,1H3,(H,25,26)(H,28,29)/p-1/t15-,17-/m0/s1. The largest absolute Gasteiger partial charge is 0.548 e. The maximum Gasteiger partial charge on any atom is 0.338 e. The van der Waals surface area contributed by atoms with Gasteiger partial charge in [-0.1, -0.05) is 17.7 Å². The van der Waals surface area contributed by atoms with E-state index in [0.29, 0.717) is 35.3 Å². The minimum atomic E-state index is -1.28. The molecule has 1 saturated heterocycles. The van der Waals surface area contributed by atoms with E-state index in [2.05, 4.69) is 15.3 Å². The van der Waals surface area contributed by atoms with Crippen LogP contribution in [0.2, 0.25) is 5.02 Å². The van der Waals surface area contributed by atoms with E-state index in [1.54, 1.807) is 16.5 Å². The molecule has 1 aromatic heterocycles. The number of nitrogens with zero attached hydrogens (tertiary/aromatic N) is 3. The Labute approximate surface area is 197 Å². The third-order valence-corrected chi connectivity index (χ3v) is 6.40. The van der Waals surface area contributed by atoms with Crippen molar-refractivity contribution in [2.24, 2.45) is 4.99 Å². The number of carboxylic acids is 1. The van der Waals surface area contributed by atoms with E-state index in [1.165, 1.54) is 30.6 Å². The Morgan fingerprint density at radius 2 is 2.27 bits per heavy atom. The van der Waals surface area contributed by atoms with E-state index in [1.807, 2.05) is 0 Å². The van der Waals surface area contributed by atoms with Gasteiger partial charge in [0.25, 0.3) is 0 Å². The first-order valence-electron chi connectivity index (χ1n) is 9.92. The van der Waals surface area contributed by atoms with Crippen LogP contribution in [0.1, 0.15) is 16.6 Å². The molecule has 2 aliphatic heterocycles. The first-order chi connectivity index (χ1) is 15.9. The smallest absolute Gasteiger partial charge is 0.338 e. The number of amidine groups is 1. The molecule has 0 amide bonds. The van der Waals surface area contributed by atoms with Crippen molar-refractivity contribution in [2.45, 2.75) is 12.1 Å². The molecular weight excluding hydrogens is 475 g/mol. The monoisotopic (exact) mass is 493 g/mol. The van der Waals surface area contributed by atoms with E-state index < -0.39 is 29.8 Å². The molecule has 1 N–H and O–H groups in total. The quantitative estimate of drug-likeness (QED) is 0.590. The van der Waals surface area contributed by atoms with Crippen LogP contribution >= 0.6 is 22.9 Å². The van der Waals surface area contributed by atoms with Gasteiger partial charge in [0.05, 0.1) is 37.9 Å². The summed E-state index contributed by atoms with van der Waals surface area (Å²) in [7, 11) is 1.23. The van der Waals surface area contributed by atoms with Gasteiger partial charge in [0.1, 0.15) is 11.9 Å². The maximum absolute atomic E-state index is 13.7. The molecule has 174 valence electrons. The highest BCUT2D eigenvalue weighted by Crippen LogP contribution is 2.37. The zero-order chi connectivity index (χ0) is 23.5. The average molecular weight is 494 g/mol. The zero-order valence-electron chi connectivity index (χ0n) is 17.4. The number of halogens is 2. The first kappa shape index (κ1) is 23.3. The zero-order valence-corrected chi connectivity index (χ0v) is 19.0. The van der Waals surface area contributed by atoms with Gasteiger partial charge in [0.15, 0.2) is 10.8 Å². The maximum atomic E-state index is 13.7. The van der Waals surface area contributed by atoms with E-state index in [4.69, 9.17) is 21.1 Å². The van der Waals surface area contributed by atoms with Gasteiger partial charge in [-0.3, -0.25) is 9.89 Å². The molecule has 4 rings (SSSR count). The summed E-state index contributed by atoms with van der Waals surface area (Å²) in [4.78, 5) is 35.1. The van der Waals surface area contributed by atoms with Gasteiger partial charge in [-0.05, 0) is 12.1 Å². The second kappa shape index (κ2) is 9.96. The van der Waals surface area contributed by atoms with Gasteiger partial charge in [-0.15, -0.1) is 11.3 Å². The number of benzene rings is 1. The Morgan fingerprint density at radius 3 is 2.94 bits per heavy atom. The number of aliphatic carboxylic acids is 1. The molecule has 2 aromatic rings. The molecular formula is C21H19ClFN4O5S-. The lowest BCUT2D eigenvalue weighted by Crippen LogP contribution is -2.56. The number of thiazole rings is 1. The van der Waals surface area contributed by atoms with Crippen molar-refractivity contribution in [3.05, 3.63) is 62.5 Å². The summed E-state index contributed by atoms with van der Waals surface area (Å²) in [5.74, 6) is -2.12. The van der Waals surface area contributed by atoms with Gasteiger partial charge < -0.3 is 24.7 Å². The molecule has 3 heterocycles. The summed E-state index contributed by atoms with van der Waals surface area (Å²) in [6.45, 7) is 0.644. The van der Waals surface area contributed by atoms with E-state index >= 15 is 0 Å². The van der Waals surface area contributed by atoms with Crippen LogP contribution < -0.4 is 10.4 Å². The second-order valence-corrected chi connectivity index (χ2v) is 8.57. The van der Waals surface area contributed by atoms with Crippen LogP contribution in [0, 0.1) is 5.82 Å². The second-order valence-electron chi connectivity index (χ2n) is 7.27. The number of rotatable bonds is 6. The molecule has 33 heavy (non-hydrogen) atoms. The number of methoxy groups -OCH3 is 1. The highest BCUT2D eigenvalue weighted by Gasteiger charge is 2.35. The fourth-order valence-electron chi connectivity index (χ4n) is 3.72. The molecule has 2 atom stereocenters. The van der Waals surface area contributed by atoms with E-state index in [0.717, 1.165) is 6.07 Å². The number of hydrogen-bond acceptors (Lipinski definition) is 10. The molecule has 0 aliphatic carbocycles. The number of carbonyl (C=O) groups is 2. The lowest BCUT2D eigenvalue weighted by atomic mass is 9.95. The van der Waals surface area contributed by atoms with Gasteiger partial charge in [0.2, 0.25) is 0 Å².